The smallest absolute Gasteiger partial charge is 0.148 e. The van der Waals surface area contributed by atoms with Gasteiger partial charge in [-0.2, -0.15) is 5.10 Å². The number of nitrogen functional groups attached to an aromatic ring is 1. The fourth-order valence-corrected chi connectivity index (χ4v) is 1.73. The summed E-state index contributed by atoms with van der Waals surface area (Å²) in [7, 11) is 0. The first kappa shape index (κ1) is 8.60. The summed E-state index contributed by atoms with van der Waals surface area (Å²) in [5.74, 6) is 1.60. The van der Waals surface area contributed by atoms with Gasteiger partial charge in [-0.05, 0) is 31.6 Å². The highest BCUT2D eigenvalue weighted by Crippen LogP contribution is 2.33. The molecule has 0 bridgehead atoms. The summed E-state index contributed by atoms with van der Waals surface area (Å²) in [5, 5.41) is 7.12. The molecule has 2 rings (SSSR count). The second-order valence-electron chi connectivity index (χ2n) is 3.96. The van der Waals surface area contributed by atoms with Gasteiger partial charge in [0.2, 0.25) is 0 Å². The molecule has 1 saturated carbocycles. The van der Waals surface area contributed by atoms with Crippen LogP contribution in [0, 0.1) is 5.92 Å². The van der Waals surface area contributed by atoms with Crippen LogP contribution in [-0.4, -0.2) is 10.2 Å². The first-order valence-corrected chi connectivity index (χ1v) is 5.12. The highest BCUT2D eigenvalue weighted by Gasteiger charge is 2.24. The Morgan fingerprint density at radius 2 is 2.31 bits per heavy atom. The average Bonchev–Trinajstić information content (AvgIpc) is 2.86. The average molecular weight is 179 g/mol. The van der Waals surface area contributed by atoms with E-state index in [1.165, 1.54) is 24.1 Å². The van der Waals surface area contributed by atoms with Gasteiger partial charge >= 0.3 is 0 Å². The van der Waals surface area contributed by atoms with Crippen LogP contribution in [0.25, 0.3) is 0 Å². The zero-order valence-corrected chi connectivity index (χ0v) is 8.14. The van der Waals surface area contributed by atoms with Crippen molar-refractivity contribution in [2.24, 2.45) is 5.92 Å². The van der Waals surface area contributed by atoms with Gasteiger partial charge in [-0.15, -0.1) is 0 Å². The summed E-state index contributed by atoms with van der Waals surface area (Å²) in [4.78, 5) is 0. The van der Waals surface area contributed by atoms with Crippen LogP contribution >= 0.6 is 0 Å². The Balaban J connectivity index is 2.12. The summed E-state index contributed by atoms with van der Waals surface area (Å²) in [6.07, 6.45) is 6.11. The first-order chi connectivity index (χ1) is 6.31. The molecule has 0 saturated heterocycles. The maximum absolute atomic E-state index is 5.78. The lowest BCUT2D eigenvalue weighted by Crippen LogP contribution is -1.96. The number of anilines is 1. The lowest BCUT2D eigenvalue weighted by Gasteiger charge is -2.00. The molecule has 1 aliphatic rings. The molecule has 3 N–H and O–H groups in total. The number of nitrogens with two attached hydrogens (primary N) is 1. The third kappa shape index (κ3) is 1.85. The molecular formula is C10H17N3. The lowest BCUT2D eigenvalue weighted by molar-refractivity contribution is 0.779. The molecule has 0 unspecified atom stereocenters. The Kier molecular flexibility index (Phi) is 2.25. The fourth-order valence-electron chi connectivity index (χ4n) is 1.73. The minimum absolute atomic E-state index is 0.706. The van der Waals surface area contributed by atoms with Crippen molar-refractivity contribution in [1.29, 1.82) is 0 Å². The number of rotatable bonds is 4. The molecule has 0 amide bonds. The van der Waals surface area contributed by atoms with Crippen molar-refractivity contribution in [3.05, 3.63) is 11.3 Å². The van der Waals surface area contributed by atoms with Gasteiger partial charge in [0.15, 0.2) is 0 Å². The Morgan fingerprint density at radius 1 is 1.54 bits per heavy atom. The standard InChI is InChI=1S/C10H17N3/c1-2-3-8-9(6-7-4-5-7)12-13-10(8)11/h7H,2-6H2,1H3,(H3,11,12,13). The highest BCUT2D eigenvalue weighted by molar-refractivity contribution is 5.42. The van der Waals surface area contributed by atoms with Gasteiger partial charge in [0, 0.05) is 11.3 Å². The number of hydrogen-bond acceptors (Lipinski definition) is 2. The van der Waals surface area contributed by atoms with Crippen LogP contribution in [0.5, 0.6) is 0 Å². The van der Waals surface area contributed by atoms with E-state index in [1.807, 2.05) is 0 Å². The number of aromatic nitrogens is 2. The van der Waals surface area contributed by atoms with E-state index in [2.05, 4.69) is 17.1 Å². The molecule has 1 aromatic heterocycles. The van der Waals surface area contributed by atoms with Crippen molar-refractivity contribution in [2.75, 3.05) is 5.73 Å². The Labute approximate surface area is 78.7 Å². The maximum Gasteiger partial charge on any atom is 0.148 e. The van der Waals surface area contributed by atoms with Crippen molar-refractivity contribution in [2.45, 2.75) is 39.0 Å². The van der Waals surface area contributed by atoms with Crippen LogP contribution in [0.2, 0.25) is 0 Å². The van der Waals surface area contributed by atoms with Crippen molar-refractivity contribution in [3.63, 3.8) is 0 Å². The van der Waals surface area contributed by atoms with Crippen LogP contribution in [0.1, 0.15) is 37.4 Å². The molecule has 1 heterocycles. The zero-order chi connectivity index (χ0) is 9.26. The van der Waals surface area contributed by atoms with Crippen LogP contribution in [-0.2, 0) is 12.8 Å². The topological polar surface area (TPSA) is 54.7 Å². The molecule has 0 atom stereocenters. The van der Waals surface area contributed by atoms with Gasteiger partial charge in [-0.3, -0.25) is 5.10 Å². The molecule has 1 aromatic rings. The lowest BCUT2D eigenvalue weighted by atomic mass is 10.1. The largest absolute Gasteiger partial charge is 0.382 e. The van der Waals surface area contributed by atoms with Crippen molar-refractivity contribution in [1.82, 2.24) is 10.2 Å². The monoisotopic (exact) mass is 179 g/mol. The Hall–Kier alpha value is -0.990. The second kappa shape index (κ2) is 3.40. The Morgan fingerprint density at radius 3 is 2.92 bits per heavy atom. The van der Waals surface area contributed by atoms with Crippen LogP contribution in [0.4, 0.5) is 5.82 Å². The summed E-state index contributed by atoms with van der Waals surface area (Å²) in [5.41, 5.74) is 8.32. The van der Waals surface area contributed by atoms with E-state index < -0.39 is 0 Å². The second-order valence-corrected chi connectivity index (χ2v) is 3.96. The Bertz CT molecular complexity index is 286. The van der Waals surface area contributed by atoms with E-state index in [0.717, 1.165) is 25.2 Å². The van der Waals surface area contributed by atoms with Gasteiger partial charge in [0.05, 0.1) is 0 Å². The normalized spacial score (nSPS) is 16.4. The van der Waals surface area contributed by atoms with Gasteiger partial charge < -0.3 is 5.73 Å². The molecule has 0 spiro atoms. The van der Waals surface area contributed by atoms with Gasteiger partial charge in [0.1, 0.15) is 5.82 Å². The number of aromatic amines is 1. The predicted octanol–water partition coefficient (Wildman–Crippen LogP) is 1.90. The number of nitrogens with zero attached hydrogens (tertiary/aromatic N) is 1. The molecule has 72 valence electrons. The van der Waals surface area contributed by atoms with E-state index in [-0.39, 0.29) is 0 Å². The summed E-state index contributed by atoms with van der Waals surface area (Å²) in [6, 6.07) is 0. The van der Waals surface area contributed by atoms with E-state index >= 15 is 0 Å². The number of hydrogen-bond donors (Lipinski definition) is 2. The minimum atomic E-state index is 0.706. The van der Waals surface area contributed by atoms with Crippen LogP contribution < -0.4 is 5.73 Å². The molecule has 1 fully saturated rings. The third-order valence-electron chi connectivity index (χ3n) is 2.67. The van der Waals surface area contributed by atoms with E-state index in [4.69, 9.17) is 5.73 Å². The van der Waals surface area contributed by atoms with Gasteiger partial charge in [-0.25, -0.2) is 0 Å². The molecule has 3 nitrogen and oxygen atoms in total. The molecule has 0 aliphatic heterocycles. The molecular weight excluding hydrogens is 162 g/mol. The zero-order valence-electron chi connectivity index (χ0n) is 8.14. The molecule has 13 heavy (non-hydrogen) atoms. The molecule has 1 aliphatic carbocycles. The number of nitrogens with one attached hydrogen (secondary N) is 1. The number of H-pyrrole nitrogens is 1. The minimum Gasteiger partial charge on any atom is -0.382 e. The fraction of sp³-hybridized carbons (Fsp3) is 0.700. The van der Waals surface area contributed by atoms with E-state index in [0.29, 0.717) is 5.82 Å². The SMILES string of the molecule is CCCc1c(N)n[nH]c1CC1CC1. The maximum atomic E-state index is 5.78. The van der Waals surface area contributed by atoms with Crippen LogP contribution in [0.15, 0.2) is 0 Å². The van der Waals surface area contributed by atoms with Crippen molar-refractivity contribution < 1.29 is 0 Å². The molecule has 0 radical (unpaired) electrons. The third-order valence-corrected chi connectivity index (χ3v) is 2.67. The van der Waals surface area contributed by atoms with E-state index in [1.54, 1.807) is 0 Å². The van der Waals surface area contributed by atoms with Gasteiger partial charge in [-0.1, -0.05) is 13.3 Å². The summed E-state index contributed by atoms with van der Waals surface area (Å²) >= 11 is 0. The van der Waals surface area contributed by atoms with Crippen LogP contribution in [0.3, 0.4) is 0 Å². The highest BCUT2D eigenvalue weighted by atomic mass is 15.2. The quantitative estimate of drug-likeness (QED) is 0.741. The molecule has 0 aromatic carbocycles. The van der Waals surface area contributed by atoms with Crippen molar-refractivity contribution >= 4 is 5.82 Å². The summed E-state index contributed by atoms with van der Waals surface area (Å²) in [6.45, 7) is 2.17. The van der Waals surface area contributed by atoms with Crippen molar-refractivity contribution in [3.8, 4) is 0 Å². The predicted molar refractivity (Wildman–Crippen MR) is 53.4 cm³/mol. The summed E-state index contributed by atoms with van der Waals surface area (Å²) < 4.78 is 0. The molecule has 3 heteroatoms. The van der Waals surface area contributed by atoms with E-state index in [9.17, 15) is 0 Å². The first-order valence-electron chi connectivity index (χ1n) is 5.12. The van der Waals surface area contributed by atoms with Gasteiger partial charge in [0.25, 0.3) is 0 Å².